The number of piperidine rings is 1. The van der Waals surface area contributed by atoms with Crippen molar-refractivity contribution in [3.63, 3.8) is 0 Å². The summed E-state index contributed by atoms with van der Waals surface area (Å²) in [6.07, 6.45) is -1.79. The molecular weight excluding hydrogens is 457 g/mol. The molecule has 1 N–H and O–H groups in total. The molecule has 3 atom stereocenters. The van der Waals surface area contributed by atoms with Gasteiger partial charge in [0.05, 0.1) is 30.4 Å². The van der Waals surface area contributed by atoms with Gasteiger partial charge in [-0.3, -0.25) is 4.90 Å². The highest BCUT2D eigenvalue weighted by Crippen LogP contribution is 2.35. The van der Waals surface area contributed by atoms with Gasteiger partial charge in [-0.05, 0) is 32.0 Å². The second-order valence-corrected chi connectivity index (χ2v) is 9.27. The van der Waals surface area contributed by atoms with Gasteiger partial charge in [0, 0.05) is 36.3 Å². The average molecular weight is 481 g/mol. The van der Waals surface area contributed by atoms with E-state index in [4.69, 9.17) is 11.6 Å². The molecule has 176 valence electrons. The maximum atomic E-state index is 14.6. The number of carbonyl (C=O) groups excluding carboxylic acids is 1. The molecule has 0 saturated carbocycles. The van der Waals surface area contributed by atoms with Crippen LogP contribution in [0.2, 0.25) is 5.28 Å². The number of hydrogen-bond acceptors (Lipinski definition) is 5. The van der Waals surface area contributed by atoms with E-state index in [1.165, 1.54) is 12.1 Å². The molecule has 7 nitrogen and oxygen atoms in total. The number of benzene rings is 1. The fourth-order valence-corrected chi connectivity index (χ4v) is 5.17. The van der Waals surface area contributed by atoms with Crippen LogP contribution in [-0.4, -0.2) is 62.9 Å². The van der Waals surface area contributed by atoms with Crippen molar-refractivity contribution in [1.82, 2.24) is 24.7 Å². The van der Waals surface area contributed by atoms with Crippen molar-refractivity contribution in [2.75, 3.05) is 25.5 Å². The monoisotopic (exact) mass is 480 g/mol. The van der Waals surface area contributed by atoms with Gasteiger partial charge < -0.3 is 15.1 Å². The van der Waals surface area contributed by atoms with Crippen molar-refractivity contribution in [2.24, 2.45) is 0 Å². The number of hydrogen-bond donors (Lipinski definition) is 1. The molecule has 2 bridgehead atoms. The first-order valence-electron chi connectivity index (χ1n) is 10.9. The summed E-state index contributed by atoms with van der Waals surface area (Å²) in [5.41, 5.74) is 0.774. The highest BCUT2D eigenvalue weighted by atomic mass is 35.5. The van der Waals surface area contributed by atoms with Crippen molar-refractivity contribution in [3.05, 3.63) is 51.7 Å². The molecule has 0 aliphatic carbocycles. The quantitative estimate of drug-likeness (QED) is 0.664. The summed E-state index contributed by atoms with van der Waals surface area (Å²) in [5.74, 6) is -0.578. The third-order valence-corrected chi connectivity index (χ3v) is 7.14. The van der Waals surface area contributed by atoms with Gasteiger partial charge in [-0.2, -0.15) is 0 Å². The van der Waals surface area contributed by atoms with Crippen LogP contribution < -0.4 is 5.32 Å². The highest BCUT2D eigenvalue weighted by Gasteiger charge is 2.45. The van der Waals surface area contributed by atoms with Gasteiger partial charge in [0.2, 0.25) is 5.28 Å². The maximum Gasteiger partial charge on any atom is 0.320 e. The molecule has 3 saturated heterocycles. The van der Waals surface area contributed by atoms with Gasteiger partial charge in [0.15, 0.2) is 0 Å². The Morgan fingerprint density at radius 2 is 1.85 bits per heavy atom. The van der Waals surface area contributed by atoms with Gasteiger partial charge in [-0.1, -0.05) is 18.2 Å². The van der Waals surface area contributed by atoms with E-state index in [1.54, 1.807) is 11.8 Å². The summed E-state index contributed by atoms with van der Waals surface area (Å²) in [6.45, 7) is 3.66. The molecular formula is C22H24ClF3N6O. The van der Waals surface area contributed by atoms with Crippen LogP contribution in [-0.2, 0) is 13.1 Å². The van der Waals surface area contributed by atoms with Crippen molar-refractivity contribution in [1.29, 1.82) is 0 Å². The number of halogens is 4. The summed E-state index contributed by atoms with van der Waals surface area (Å²) in [7, 11) is 2.09. The highest BCUT2D eigenvalue weighted by molar-refractivity contribution is 6.28. The Morgan fingerprint density at radius 1 is 1.15 bits per heavy atom. The van der Waals surface area contributed by atoms with Gasteiger partial charge >= 0.3 is 6.03 Å². The number of anilines is 1. The number of rotatable bonds is 4. The minimum Gasteiger partial charge on any atom is -0.363 e. The zero-order valence-corrected chi connectivity index (χ0v) is 19.0. The van der Waals surface area contributed by atoms with Crippen molar-refractivity contribution >= 4 is 23.4 Å². The van der Waals surface area contributed by atoms with E-state index in [0.717, 1.165) is 12.5 Å². The standard InChI is InChI=1S/C22H24ClF3N6O/c1-11(14-4-3-5-15(18(14)24)19(25)26)27-20-16-9-32(10-17(16)28-21(23)29-20)22(33)31-7-12-6-13(8-31)30(12)2/h3-5,11-13,19H,6-10H2,1-2H3,(H,27,28,29)/t11-,12?,13?/m1/s1. The fraction of sp³-hybridized carbons (Fsp3) is 0.500. The number of fused-ring (bicyclic) bond motifs is 3. The number of carbonyl (C=O) groups is 1. The van der Waals surface area contributed by atoms with Crippen molar-refractivity contribution in [2.45, 2.75) is 51.0 Å². The van der Waals surface area contributed by atoms with Crippen LogP contribution in [0.3, 0.4) is 0 Å². The summed E-state index contributed by atoms with van der Waals surface area (Å²) in [6, 6.07) is 4.02. The molecule has 3 fully saturated rings. The Bertz CT molecular complexity index is 1090. The second-order valence-electron chi connectivity index (χ2n) is 8.94. The van der Waals surface area contributed by atoms with E-state index in [1.807, 2.05) is 4.90 Å². The third kappa shape index (κ3) is 3.89. The second kappa shape index (κ2) is 8.32. The predicted octanol–water partition coefficient (Wildman–Crippen LogP) is 4.20. The smallest absolute Gasteiger partial charge is 0.320 e. The molecule has 2 amide bonds. The van der Waals surface area contributed by atoms with E-state index in [9.17, 15) is 18.0 Å². The van der Waals surface area contributed by atoms with Crippen LogP contribution in [0.4, 0.5) is 23.8 Å². The molecule has 6 rings (SSSR count). The van der Waals surface area contributed by atoms with E-state index in [2.05, 4.69) is 27.2 Å². The van der Waals surface area contributed by atoms with E-state index in [0.29, 0.717) is 55.3 Å². The summed E-state index contributed by atoms with van der Waals surface area (Å²) >= 11 is 6.12. The lowest BCUT2D eigenvalue weighted by atomic mass is 9.88. The molecule has 0 radical (unpaired) electrons. The third-order valence-electron chi connectivity index (χ3n) is 6.97. The lowest BCUT2D eigenvalue weighted by molar-refractivity contribution is -0.0394. The Labute approximate surface area is 194 Å². The Morgan fingerprint density at radius 3 is 2.52 bits per heavy atom. The molecule has 2 unspecified atom stereocenters. The molecule has 4 aliphatic heterocycles. The zero-order chi connectivity index (χ0) is 23.4. The van der Waals surface area contributed by atoms with E-state index < -0.39 is 23.8 Å². The molecule has 1 aromatic heterocycles. The summed E-state index contributed by atoms with van der Waals surface area (Å²) < 4.78 is 40.8. The minimum absolute atomic E-state index is 0.000365. The lowest BCUT2D eigenvalue weighted by Crippen LogP contribution is -2.68. The maximum absolute atomic E-state index is 14.6. The number of amides is 2. The first-order valence-corrected chi connectivity index (χ1v) is 11.2. The number of urea groups is 1. The molecule has 33 heavy (non-hydrogen) atoms. The molecule has 11 heteroatoms. The van der Waals surface area contributed by atoms with E-state index >= 15 is 0 Å². The van der Waals surface area contributed by atoms with Crippen LogP contribution in [0, 0.1) is 5.82 Å². The normalized spacial score (nSPS) is 22.9. The van der Waals surface area contributed by atoms with Gasteiger partial charge in [0.1, 0.15) is 11.6 Å². The summed E-state index contributed by atoms with van der Waals surface area (Å²) in [4.78, 5) is 27.6. The number of aromatic nitrogens is 2. The van der Waals surface area contributed by atoms with Gasteiger partial charge in [-0.15, -0.1) is 0 Å². The number of likely N-dealkylation sites (N-methyl/N-ethyl adjacent to an activating group) is 1. The Balaban J connectivity index is 1.34. The Kier molecular flexibility index (Phi) is 5.60. The minimum atomic E-state index is -2.91. The average Bonchev–Trinajstić information content (AvgIpc) is 3.22. The van der Waals surface area contributed by atoms with Crippen LogP contribution in [0.15, 0.2) is 18.2 Å². The van der Waals surface area contributed by atoms with Crippen molar-refractivity contribution in [3.8, 4) is 0 Å². The van der Waals surface area contributed by atoms with Crippen LogP contribution in [0.1, 0.15) is 48.2 Å². The number of nitrogens with one attached hydrogen (secondary N) is 1. The molecule has 5 heterocycles. The molecule has 2 aromatic rings. The SMILES string of the molecule is C[C@@H](Nc1nc(Cl)nc2c1CN(C(=O)N1CC3CC(C1)N3C)C2)c1cccc(C(F)F)c1F. The number of nitrogens with zero attached hydrogens (tertiary/aromatic N) is 5. The largest absolute Gasteiger partial charge is 0.363 e. The molecule has 1 aromatic carbocycles. The first-order chi connectivity index (χ1) is 15.7. The van der Waals surface area contributed by atoms with Crippen LogP contribution in [0.25, 0.3) is 0 Å². The Hall–Kier alpha value is -2.59. The van der Waals surface area contributed by atoms with E-state index in [-0.39, 0.29) is 16.9 Å². The topological polar surface area (TPSA) is 64.6 Å². The summed E-state index contributed by atoms with van der Waals surface area (Å²) in [5, 5.41) is 3.09. The molecule has 4 aliphatic rings. The van der Waals surface area contributed by atoms with Crippen LogP contribution in [0.5, 0.6) is 0 Å². The van der Waals surface area contributed by atoms with Gasteiger partial charge in [0.25, 0.3) is 6.43 Å². The molecule has 0 spiro atoms. The van der Waals surface area contributed by atoms with Crippen LogP contribution >= 0.6 is 11.6 Å². The lowest BCUT2D eigenvalue weighted by Gasteiger charge is -2.55. The van der Waals surface area contributed by atoms with Crippen molar-refractivity contribution < 1.29 is 18.0 Å². The van der Waals surface area contributed by atoms with Gasteiger partial charge in [-0.25, -0.2) is 27.9 Å². The zero-order valence-electron chi connectivity index (χ0n) is 18.2. The number of piperazine rings is 1. The fourth-order valence-electron chi connectivity index (χ4n) is 4.99. The first kappa shape index (κ1) is 22.2. The predicted molar refractivity (Wildman–Crippen MR) is 117 cm³/mol. The number of alkyl halides is 2.